The topological polar surface area (TPSA) is 66.4 Å². The van der Waals surface area contributed by atoms with Gasteiger partial charge in [0.05, 0.1) is 22.2 Å². The summed E-state index contributed by atoms with van der Waals surface area (Å²) in [5, 5.41) is 11.4. The van der Waals surface area contributed by atoms with Crippen LogP contribution in [0, 0.1) is 0 Å². The van der Waals surface area contributed by atoms with Crippen molar-refractivity contribution < 1.29 is 14.7 Å². The van der Waals surface area contributed by atoms with Gasteiger partial charge in [-0.3, -0.25) is 9.59 Å². The number of amides is 1. The molecule has 4 nitrogen and oxygen atoms in total. The number of hydrogen-bond acceptors (Lipinski definition) is 3. The van der Waals surface area contributed by atoms with Crippen LogP contribution < -0.4 is 5.32 Å². The second kappa shape index (κ2) is 6.40. The van der Waals surface area contributed by atoms with E-state index in [9.17, 15) is 9.59 Å². The first-order chi connectivity index (χ1) is 7.59. The van der Waals surface area contributed by atoms with E-state index in [1.165, 1.54) is 0 Å². The summed E-state index contributed by atoms with van der Waals surface area (Å²) in [5.41, 5.74) is 0.532. The number of nitrogens with one attached hydrogen (secondary N) is 1. The number of carboxylic acids is 1. The molecular weight excluding hydrogens is 250 g/mol. The van der Waals surface area contributed by atoms with Gasteiger partial charge in [0, 0.05) is 0 Å². The van der Waals surface area contributed by atoms with Crippen LogP contribution in [0.2, 0.25) is 5.02 Å². The van der Waals surface area contributed by atoms with Gasteiger partial charge in [0.2, 0.25) is 5.91 Å². The number of carboxylic acid groups (broad SMARTS) is 1. The molecule has 0 saturated carbocycles. The second-order valence-electron chi connectivity index (χ2n) is 2.91. The molecule has 1 amide bonds. The van der Waals surface area contributed by atoms with Crippen LogP contribution in [0.25, 0.3) is 0 Å². The van der Waals surface area contributed by atoms with Gasteiger partial charge in [-0.15, -0.1) is 11.8 Å². The third-order valence-electron chi connectivity index (χ3n) is 1.61. The molecule has 0 aromatic heterocycles. The predicted molar refractivity (Wildman–Crippen MR) is 65.0 cm³/mol. The van der Waals surface area contributed by atoms with Crippen molar-refractivity contribution in [2.24, 2.45) is 0 Å². The molecule has 0 unspecified atom stereocenters. The van der Waals surface area contributed by atoms with E-state index in [0.717, 1.165) is 11.8 Å². The summed E-state index contributed by atoms with van der Waals surface area (Å²) in [7, 11) is 0. The number of para-hydroxylation sites is 1. The van der Waals surface area contributed by atoms with Gasteiger partial charge in [0.1, 0.15) is 0 Å². The van der Waals surface area contributed by atoms with Gasteiger partial charge in [-0.2, -0.15) is 0 Å². The van der Waals surface area contributed by atoms with Crippen LogP contribution in [0.5, 0.6) is 0 Å². The molecule has 86 valence electrons. The molecule has 16 heavy (non-hydrogen) atoms. The Kier molecular flexibility index (Phi) is 5.14. The fraction of sp³-hybridized carbons (Fsp3) is 0.200. The van der Waals surface area contributed by atoms with Gasteiger partial charge in [-0.05, 0) is 12.1 Å². The first-order valence-electron chi connectivity index (χ1n) is 4.43. The molecule has 2 N–H and O–H groups in total. The Hall–Kier alpha value is -1.20. The van der Waals surface area contributed by atoms with Gasteiger partial charge in [0.25, 0.3) is 0 Å². The molecule has 0 atom stereocenters. The minimum absolute atomic E-state index is 0.0874. The Morgan fingerprint density at radius 1 is 1.31 bits per heavy atom. The number of aliphatic carboxylic acids is 1. The van der Waals surface area contributed by atoms with E-state index < -0.39 is 5.97 Å². The van der Waals surface area contributed by atoms with E-state index >= 15 is 0 Å². The number of hydrogen-bond donors (Lipinski definition) is 2. The monoisotopic (exact) mass is 259 g/mol. The Morgan fingerprint density at radius 2 is 2.00 bits per heavy atom. The second-order valence-corrected chi connectivity index (χ2v) is 4.31. The Bertz CT molecular complexity index is 397. The molecule has 0 bridgehead atoms. The zero-order valence-corrected chi connectivity index (χ0v) is 9.85. The number of rotatable bonds is 5. The van der Waals surface area contributed by atoms with Crippen molar-refractivity contribution in [3.8, 4) is 0 Å². The quantitative estimate of drug-likeness (QED) is 0.850. The number of halogens is 1. The predicted octanol–water partition coefficient (Wildman–Crippen LogP) is 2.10. The lowest BCUT2D eigenvalue weighted by Crippen LogP contribution is -2.15. The van der Waals surface area contributed by atoms with E-state index in [2.05, 4.69) is 5.32 Å². The summed E-state index contributed by atoms with van der Waals surface area (Å²) in [4.78, 5) is 21.6. The molecule has 0 radical (unpaired) electrons. The summed E-state index contributed by atoms with van der Waals surface area (Å²) < 4.78 is 0. The number of benzene rings is 1. The van der Waals surface area contributed by atoms with Gasteiger partial charge < -0.3 is 10.4 Å². The van der Waals surface area contributed by atoms with E-state index in [1.807, 2.05) is 0 Å². The van der Waals surface area contributed by atoms with Gasteiger partial charge in [0.15, 0.2) is 0 Å². The third-order valence-corrected chi connectivity index (χ3v) is 2.85. The molecular formula is C10H10ClNO3S. The van der Waals surface area contributed by atoms with Crippen molar-refractivity contribution in [2.75, 3.05) is 16.8 Å². The molecule has 0 saturated heterocycles. The van der Waals surface area contributed by atoms with E-state index in [4.69, 9.17) is 16.7 Å². The third kappa shape index (κ3) is 4.55. The lowest BCUT2D eigenvalue weighted by molar-refractivity contribution is -0.133. The van der Waals surface area contributed by atoms with E-state index in [0.29, 0.717) is 10.7 Å². The van der Waals surface area contributed by atoms with Crippen LogP contribution in [0.1, 0.15) is 0 Å². The van der Waals surface area contributed by atoms with Crippen molar-refractivity contribution in [3.63, 3.8) is 0 Å². The number of thioether (sulfide) groups is 1. The lowest BCUT2D eigenvalue weighted by atomic mass is 10.3. The minimum atomic E-state index is -0.935. The minimum Gasteiger partial charge on any atom is -0.481 e. The van der Waals surface area contributed by atoms with Crippen molar-refractivity contribution >= 4 is 40.9 Å². The van der Waals surface area contributed by atoms with Crippen LogP contribution in [0.15, 0.2) is 24.3 Å². The van der Waals surface area contributed by atoms with Crippen LogP contribution in [-0.4, -0.2) is 28.5 Å². The van der Waals surface area contributed by atoms with Crippen molar-refractivity contribution in [2.45, 2.75) is 0 Å². The Balaban J connectivity index is 2.40. The highest BCUT2D eigenvalue weighted by atomic mass is 35.5. The van der Waals surface area contributed by atoms with E-state index in [1.54, 1.807) is 24.3 Å². The Morgan fingerprint density at radius 3 is 2.62 bits per heavy atom. The smallest absolute Gasteiger partial charge is 0.313 e. The van der Waals surface area contributed by atoms with Crippen molar-refractivity contribution in [1.82, 2.24) is 0 Å². The highest BCUT2D eigenvalue weighted by Gasteiger charge is 2.06. The molecule has 0 spiro atoms. The normalized spacial score (nSPS) is 9.81. The zero-order valence-electron chi connectivity index (χ0n) is 8.27. The standard InChI is InChI=1S/C10H10ClNO3S/c11-7-3-1-2-4-8(7)12-9(13)5-16-6-10(14)15/h1-4H,5-6H2,(H,12,13)(H,14,15). The molecule has 0 fully saturated rings. The Labute approximate surface area is 102 Å². The summed E-state index contributed by atoms with van der Waals surface area (Å²) >= 11 is 6.88. The zero-order chi connectivity index (χ0) is 12.0. The van der Waals surface area contributed by atoms with Crippen molar-refractivity contribution in [1.29, 1.82) is 0 Å². The maximum atomic E-state index is 11.4. The molecule has 6 heteroatoms. The van der Waals surface area contributed by atoms with Gasteiger partial charge >= 0.3 is 5.97 Å². The average molecular weight is 260 g/mol. The van der Waals surface area contributed by atoms with Gasteiger partial charge in [-0.1, -0.05) is 23.7 Å². The lowest BCUT2D eigenvalue weighted by Gasteiger charge is -2.05. The molecule has 0 aliphatic heterocycles. The summed E-state index contributed by atoms with van der Waals surface area (Å²) in [6.45, 7) is 0. The average Bonchev–Trinajstić information content (AvgIpc) is 2.21. The van der Waals surface area contributed by atoms with Crippen molar-refractivity contribution in [3.05, 3.63) is 29.3 Å². The molecule has 0 aliphatic rings. The highest BCUT2D eigenvalue weighted by Crippen LogP contribution is 2.20. The fourth-order valence-corrected chi connectivity index (χ4v) is 1.70. The molecule has 0 aliphatic carbocycles. The molecule has 1 aromatic rings. The van der Waals surface area contributed by atoms with Crippen LogP contribution in [0.3, 0.4) is 0 Å². The van der Waals surface area contributed by atoms with Crippen LogP contribution in [0.4, 0.5) is 5.69 Å². The summed E-state index contributed by atoms with van der Waals surface area (Å²) in [5.74, 6) is -1.19. The maximum absolute atomic E-state index is 11.4. The van der Waals surface area contributed by atoms with E-state index in [-0.39, 0.29) is 17.4 Å². The van der Waals surface area contributed by atoms with Crippen LogP contribution in [-0.2, 0) is 9.59 Å². The number of anilines is 1. The maximum Gasteiger partial charge on any atom is 0.313 e. The first-order valence-corrected chi connectivity index (χ1v) is 5.97. The van der Waals surface area contributed by atoms with Gasteiger partial charge in [-0.25, -0.2) is 0 Å². The summed E-state index contributed by atoms with van der Waals surface area (Å²) in [6, 6.07) is 6.87. The number of carbonyl (C=O) groups is 2. The summed E-state index contributed by atoms with van der Waals surface area (Å²) in [6.07, 6.45) is 0. The molecule has 1 rings (SSSR count). The largest absolute Gasteiger partial charge is 0.481 e. The first kappa shape index (κ1) is 12.9. The van der Waals surface area contributed by atoms with Crippen LogP contribution >= 0.6 is 23.4 Å². The molecule has 1 aromatic carbocycles. The molecule has 0 heterocycles. The highest BCUT2D eigenvalue weighted by molar-refractivity contribution is 8.00. The fourth-order valence-electron chi connectivity index (χ4n) is 0.980. The number of carbonyl (C=O) groups excluding carboxylic acids is 1. The SMILES string of the molecule is O=C(O)CSCC(=O)Nc1ccccc1Cl.